The molecule has 4 nitrogen and oxygen atoms in total. The maximum Gasteiger partial charge on any atom is 0.253 e. The largest absolute Gasteiger partial charge is 0.493 e. The topological polar surface area (TPSA) is 41.6 Å². The van der Waals surface area contributed by atoms with Crippen LogP contribution in [0.3, 0.4) is 0 Å². The summed E-state index contributed by atoms with van der Waals surface area (Å²) >= 11 is 0. The van der Waals surface area contributed by atoms with Gasteiger partial charge in [-0.05, 0) is 49.7 Å². The highest BCUT2D eigenvalue weighted by molar-refractivity contribution is 5.94. The van der Waals surface area contributed by atoms with Gasteiger partial charge in [0.1, 0.15) is 5.75 Å². The highest BCUT2D eigenvalue weighted by Crippen LogP contribution is 2.27. The van der Waals surface area contributed by atoms with E-state index in [1.165, 1.54) is 0 Å². The molecule has 0 aromatic heterocycles. The van der Waals surface area contributed by atoms with E-state index in [2.05, 4.69) is 5.32 Å². The van der Waals surface area contributed by atoms with Gasteiger partial charge in [-0.3, -0.25) is 4.79 Å². The van der Waals surface area contributed by atoms with Crippen molar-refractivity contribution in [2.24, 2.45) is 5.92 Å². The van der Waals surface area contributed by atoms with Crippen LogP contribution in [0.5, 0.6) is 5.75 Å². The van der Waals surface area contributed by atoms with Crippen LogP contribution in [0.4, 0.5) is 0 Å². The number of benzene rings is 1. The lowest BCUT2D eigenvalue weighted by Crippen LogP contribution is -2.30. The number of carbonyl (C=O) groups is 1. The number of hydrogen-bond acceptors (Lipinski definition) is 3. The molecule has 1 N–H and O–H groups in total. The summed E-state index contributed by atoms with van der Waals surface area (Å²) in [7, 11) is 1.96. The molecule has 4 heteroatoms. The lowest BCUT2D eigenvalue weighted by molar-refractivity contribution is 0.0787. The van der Waals surface area contributed by atoms with Gasteiger partial charge in [0.15, 0.2) is 0 Å². The molecule has 3 rings (SSSR count). The summed E-state index contributed by atoms with van der Waals surface area (Å²) in [4.78, 5) is 14.4. The lowest BCUT2D eigenvalue weighted by atomic mass is 10.1. The molecule has 0 spiro atoms. The number of amides is 1. The van der Waals surface area contributed by atoms with Gasteiger partial charge in [0.2, 0.25) is 0 Å². The Bertz CT molecular complexity index is 487. The van der Waals surface area contributed by atoms with E-state index < -0.39 is 0 Å². The first-order chi connectivity index (χ1) is 9.28. The van der Waals surface area contributed by atoms with Gasteiger partial charge in [-0.1, -0.05) is 0 Å². The van der Waals surface area contributed by atoms with Gasteiger partial charge in [-0.2, -0.15) is 0 Å². The fraction of sp³-hybridized carbons (Fsp3) is 0.533. The maximum absolute atomic E-state index is 12.5. The van der Waals surface area contributed by atoms with Crippen molar-refractivity contribution < 1.29 is 9.53 Å². The Morgan fingerprint density at radius 3 is 3.26 bits per heavy atom. The Kier molecular flexibility index (Phi) is 3.42. The van der Waals surface area contributed by atoms with E-state index in [0.29, 0.717) is 5.92 Å². The van der Waals surface area contributed by atoms with Crippen LogP contribution in [0.1, 0.15) is 22.3 Å². The normalized spacial score (nSPS) is 21.3. The average molecular weight is 260 g/mol. The summed E-state index contributed by atoms with van der Waals surface area (Å²) in [6.07, 6.45) is 2.01. The lowest BCUT2D eigenvalue weighted by Gasteiger charge is -2.17. The first-order valence-electron chi connectivity index (χ1n) is 6.97. The van der Waals surface area contributed by atoms with Crippen molar-refractivity contribution in [1.82, 2.24) is 10.2 Å². The molecule has 0 radical (unpaired) electrons. The first kappa shape index (κ1) is 12.5. The van der Waals surface area contributed by atoms with Crippen LogP contribution >= 0.6 is 0 Å². The van der Waals surface area contributed by atoms with E-state index in [0.717, 1.165) is 56.0 Å². The van der Waals surface area contributed by atoms with Crippen molar-refractivity contribution in [2.45, 2.75) is 12.8 Å². The Morgan fingerprint density at radius 2 is 2.42 bits per heavy atom. The smallest absolute Gasteiger partial charge is 0.253 e. The zero-order valence-corrected chi connectivity index (χ0v) is 11.3. The van der Waals surface area contributed by atoms with Crippen molar-refractivity contribution in [3.8, 4) is 5.75 Å². The van der Waals surface area contributed by atoms with Gasteiger partial charge in [0.25, 0.3) is 5.91 Å². The molecule has 102 valence electrons. The molecule has 1 aromatic rings. The van der Waals surface area contributed by atoms with E-state index in [9.17, 15) is 4.79 Å². The highest BCUT2D eigenvalue weighted by Gasteiger charge is 2.27. The minimum Gasteiger partial charge on any atom is -0.493 e. The van der Waals surface area contributed by atoms with E-state index in [1.807, 2.05) is 30.1 Å². The Labute approximate surface area is 113 Å². The molecule has 1 atom stereocenters. The number of hydrogen-bond donors (Lipinski definition) is 1. The van der Waals surface area contributed by atoms with Crippen molar-refractivity contribution in [3.05, 3.63) is 29.3 Å². The number of fused-ring (bicyclic) bond motifs is 1. The average Bonchev–Trinajstić information content (AvgIpc) is 3.05. The third-order valence-corrected chi connectivity index (χ3v) is 4.00. The Morgan fingerprint density at radius 1 is 1.53 bits per heavy atom. The molecule has 2 aliphatic heterocycles. The second kappa shape index (κ2) is 5.21. The van der Waals surface area contributed by atoms with E-state index >= 15 is 0 Å². The van der Waals surface area contributed by atoms with E-state index in [-0.39, 0.29) is 5.91 Å². The van der Waals surface area contributed by atoms with Gasteiger partial charge < -0.3 is 15.0 Å². The molecule has 1 saturated heterocycles. The summed E-state index contributed by atoms with van der Waals surface area (Å²) in [5.74, 6) is 1.69. The second-order valence-corrected chi connectivity index (χ2v) is 5.38. The SMILES string of the molecule is CNC[C@@H]1CCN(C(=O)c2ccc3c(c2)CCO3)C1. The number of carbonyl (C=O) groups excluding carboxylic acids is 1. The van der Waals surface area contributed by atoms with Gasteiger partial charge in [-0.15, -0.1) is 0 Å². The molecular formula is C15H20N2O2. The molecule has 0 saturated carbocycles. The molecule has 0 unspecified atom stereocenters. The Hall–Kier alpha value is -1.55. The number of nitrogens with one attached hydrogen (secondary N) is 1. The maximum atomic E-state index is 12.5. The number of ether oxygens (including phenoxy) is 1. The van der Waals surface area contributed by atoms with Gasteiger partial charge in [0.05, 0.1) is 6.61 Å². The fourth-order valence-electron chi connectivity index (χ4n) is 2.97. The number of likely N-dealkylation sites (tertiary alicyclic amines) is 1. The molecule has 2 heterocycles. The fourth-order valence-corrected chi connectivity index (χ4v) is 2.97. The minimum atomic E-state index is 0.160. The third kappa shape index (κ3) is 2.45. The van der Waals surface area contributed by atoms with Crippen LogP contribution in [0.25, 0.3) is 0 Å². The van der Waals surface area contributed by atoms with Crippen LogP contribution in [0, 0.1) is 5.92 Å². The monoisotopic (exact) mass is 260 g/mol. The van der Waals surface area contributed by atoms with Gasteiger partial charge in [-0.25, -0.2) is 0 Å². The summed E-state index contributed by atoms with van der Waals surface area (Å²) in [6, 6.07) is 5.81. The van der Waals surface area contributed by atoms with E-state index in [4.69, 9.17) is 4.74 Å². The third-order valence-electron chi connectivity index (χ3n) is 4.00. The number of rotatable bonds is 3. The van der Waals surface area contributed by atoms with Gasteiger partial charge in [0, 0.05) is 25.1 Å². The van der Waals surface area contributed by atoms with Crippen LogP contribution in [-0.2, 0) is 6.42 Å². The van der Waals surface area contributed by atoms with Crippen molar-refractivity contribution in [2.75, 3.05) is 33.3 Å². The van der Waals surface area contributed by atoms with Crippen molar-refractivity contribution >= 4 is 5.91 Å². The predicted octanol–water partition coefficient (Wildman–Crippen LogP) is 1.30. The second-order valence-electron chi connectivity index (χ2n) is 5.38. The summed E-state index contributed by atoms with van der Waals surface area (Å²) in [5.41, 5.74) is 1.96. The van der Waals surface area contributed by atoms with Crippen LogP contribution in [0.15, 0.2) is 18.2 Å². The van der Waals surface area contributed by atoms with Crippen LogP contribution in [0.2, 0.25) is 0 Å². The van der Waals surface area contributed by atoms with Gasteiger partial charge >= 0.3 is 0 Å². The summed E-state index contributed by atoms with van der Waals surface area (Å²) in [5, 5.41) is 3.19. The quantitative estimate of drug-likeness (QED) is 0.891. The minimum absolute atomic E-state index is 0.160. The molecule has 0 bridgehead atoms. The molecular weight excluding hydrogens is 240 g/mol. The molecule has 19 heavy (non-hydrogen) atoms. The van der Waals surface area contributed by atoms with E-state index in [1.54, 1.807) is 0 Å². The highest BCUT2D eigenvalue weighted by atomic mass is 16.5. The zero-order valence-electron chi connectivity index (χ0n) is 11.3. The molecule has 1 amide bonds. The van der Waals surface area contributed by atoms with Crippen LogP contribution < -0.4 is 10.1 Å². The number of nitrogens with zero attached hydrogens (tertiary/aromatic N) is 1. The summed E-state index contributed by atoms with van der Waals surface area (Å²) < 4.78 is 5.47. The molecule has 0 aliphatic carbocycles. The molecule has 1 fully saturated rings. The standard InChI is InChI=1S/C15H20N2O2/c1-16-9-11-4-6-17(10-11)15(18)13-2-3-14-12(8-13)5-7-19-14/h2-3,8,11,16H,4-7,9-10H2,1H3/t11-/m0/s1. The van der Waals surface area contributed by atoms with Crippen molar-refractivity contribution in [3.63, 3.8) is 0 Å². The van der Waals surface area contributed by atoms with Crippen molar-refractivity contribution in [1.29, 1.82) is 0 Å². The van der Waals surface area contributed by atoms with Crippen LogP contribution in [-0.4, -0.2) is 44.1 Å². The predicted molar refractivity (Wildman–Crippen MR) is 73.6 cm³/mol. The Balaban J connectivity index is 1.71. The molecule has 2 aliphatic rings. The first-order valence-corrected chi connectivity index (χ1v) is 6.97. The summed E-state index contributed by atoms with van der Waals surface area (Å²) in [6.45, 7) is 3.47. The zero-order chi connectivity index (χ0) is 13.2. The molecule has 1 aromatic carbocycles.